The molecule has 0 saturated heterocycles. The standard InChI is InChI=1S/C8H18N4O5S/c1-2-17-8(13)12-18(15,16)10-6-4-3-5-7(9)11-14/h10,14H,2-6H2,1H3,(H2,9,11)(H,12,13). The van der Waals surface area contributed by atoms with E-state index < -0.39 is 16.3 Å². The first kappa shape index (κ1) is 16.4. The van der Waals surface area contributed by atoms with Gasteiger partial charge in [0, 0.05) is 13.0 Å². The molecule has 0 unspecified atom stereocenters. The molecule has 9 nitrogen and oxygen atoms in total. The number of rotatable bonds is 8. The number of ether oxygens (including phenoxy) is 1. The Bertz CT molecular complexity index is 381. The summed E-state index contributed by atoms with van der Waals surface area (Å²) < 4.78 is 30.8. The molecule has 0 aromatic carbocycles. The molecule has 5 N–H and O–H groups in total. The van der Waals surface area contributed by atoms with E-state index in [1.807, 2.05) is 0 Å². The molecule has 0 aliphatic rings. The van der Waals surface area contributed by atoms with Crippen LogP contribution < -0.4 is 15.2 Å². The average Bonchev–Trinajstić information content (AvgIpc) is 2.27. The molecule has 0 heterocycles. The van der Waals surface area contributed by atoms with Gasteiger partial charge in [0.25, 0.3) is 0 Å². The van der Waals surface area contributed by atoms with Gasteiger partial charge in [-0.2, -0.15) is 13.1 Å². The highest BCUT2D eigenvalue weighted by molar-refractivity contribution is 7.88. The van der Waals surface area contributed by atoms with E-state index in [9.17, 15) is 13.2 Å². The monoisotopic (exact) mass is 282 g/mol. The summed E-state index contributed by atoms with van der Waals surface area (Å²) in [6, 6.07) is 0. The topological polar surface area (TPSA) is 143 Å². The summed E-state index contributed by atoms with van der Waals surface area (Å²) in [4.78, 5) is 10.9. The summed E-state index contributed by atoms with van der Waals surface area (Å²) in [7, 11) is -3.89. The molecular weight excluding hydrogens is 264 g/mol. The van der Waals surface area contributed by atoms with Crippen LogP contribution in [0.4, 0.5) is 4.79 Å². The lowest BCUT2D eigenvalue weighted by molar-refractivity contribution is 0.158. The minimum atomic E-state index is -3.89. The third kappa shape index (κ3) is 8.58. The second-order valence-corrected chi connectivity index (χ2v) is 4.77. The van der Waals surface area contributed by atoms with E-state index >= 15 is 0 Å². The number of nitrogens with one attached hydrogen (secondary N) is 2. The summed E-state index contributed by atoms with van der Waals surface area (Å²) in [5, 5.41) is 11.0. The number of amides is 1. The Hall–Kier alpha value is -1.55. The zero-order valence-electron chi connectivity index (χ0n) is 10.0. The Morgan fingerprint density at radius 3 is 2.67 bits per heavy atom. The highest BCUT2D eigenvalue weighted by Gasteiger charge is 2.13. The van der Waals surface area contributed by atoms with Crippen LogP contribution in [0.1, 0.15) is 26.2 Å². The molecule has 0 saturated carbocycles. The predicted octanol–water partition coefficient (Wildman–Crippen LogP) is -0.516. The highest BCUT2D eigenvalue weighted by Crippen LogP contribution is 1.94. The lowest BCUT2D eigenvalue weighted by Crippen LogP contribution is -2.40. The van der Waals surface area contributed by atoms with Gasteiger partial charge in [-0.3, -0.25) is 0 Å². The molecule has 0 aromatic rings. The Labute approximate surface area is 106 Å². The molecule has 1 amide bonds. The zero-order valence-corrected chi connectivity index (χ0v) is 10.9. The minimum absolute atomic E-state index is 0.0844. The van der Waals surface area contributed by atoms with Gasteiger partial charge in [0.15, 0.2) is 0 Å². The normalized spacial score (nSPS) is 12.2. The van der Waals surface area contributed by atoms with E-state index in [-0.39, 0.29) is 19.0 Å². The van der Waals surface area contributed by atoms with E-state index in [0.717, 1.165) is 0 Å². The first-order valence-corrected chi connectivity index (χ1v) is 6.80. The SMILES string of the molecule is CCOC(=O)NS(=O)(=O)NCCCCC(N)=NO. The van der Waals surface area contributed by atoms with Gasteiger partial charge in [0.2, 0.25) is 0 Å². The first-order chi connectivity index (χ1) is 8.41. The molecular formula is C8H18N4O5S. The van der Waals surface area contributed by atoms with E-state index in [0.29, 0.717) is 19.3 Å². The van der Waals surface area contributed by atoms with Crippen LogP contribution in [0.5, 0.6) is 0 Å². The van der Waals surface area contributed by atoms with Crippen LogP contribution in [-0.4, -0.2) is 38.7 Å². The van der Waals surface area contributed by atoms with Crippen LogP contribution in [0.3, 0.4) is 0 Å². The second kappa shape index (κ2) is 8.53. The molecule has 0 aliphatic heterocycles. The van der Waals surface area contributed by atoms with Crippen molar-refractivity contribution in [3.05, 3.63) is 0 Å². The maximum absolute atomic E-state index is 11.3. The van der Waals surface area contributed by atoms with Crippen molar-refractivity contribution in [1.29, 1.82) is 0 Å². The molecule has 18 heavy (non-hydrogen) atoms. The van der Waals surface area contributed by atoms with Gasteiger partial charge in [-0.15, -0.1) is 0 Å². The number of oxime groups is 1. The van der Waals surface area contributed by atoms with Crippen molar-refractivity contribution in [3.63, 3.8) is 0 Å². The summed E-state index contributed by atoms with van der Waals surface area (Å²) in [6.07, 6.45) is 0.378. The molecule has 0 aromatic heterocycles. The smallest absolute Gasteiger partial charge is 0.421 e. The Morgan fingerprint density at radius 2 is 2.11 bits per heavy atom. The third-order valence-electron chi connectivity index (χ3n) is 1.77. The van der Waals surface area contributed by atoms with Crippen LogP contribution in [0, 0.1) is 0 Å². The molecule has 0 atom stereocenters. The van der Waals surface area contributed by atoms with Crippen molar-refractivity contribution in [2.75, 3.05) is 13.2 Å². The lowest BCUT2D eigenvalue weighted by Gasteiger charge is -2.07. The minimum Gasteiger partial charge on any atom is -0.449 e. The Kier molecular flexibility index (Phi) is 7.79. The summed E-state index contributed by atoms with van der Waals surface area (Å²) in [6.45, 7) is 1.78. The van der Waals surface area contributed by atoms with Crippen molar-refractivity contribution in [3.8, 4) is 0 Å². The van der Waals surface area contributed by atoms with Crippen molar-refractivity contribution in [1.82, 2.24) is 9.44 Å². The maximum Gasteiger partial charge on any atom is 0.421 e. The zero-order chi connectivity index (χ0) is 14.0. The number of amidine groups is 1. The first-order valence-electron chi connectivity index (χ1n) is 5.32. The lowest BCUT2D eigenvalue weighted by atomic mass is 10.2. The summed E-state index contributed by atoms with van der Waals surface area (Å²) >= 11 is 0. The highest BCUT2D eigenvalue weighted by atomic mass is 32.2. The molecule has 0 spiro atoms. The van der Waals surface area contributed by atoms with Gasteiger partial charge in [-0.25, -0.2) is 9.52 Å². The molecule has 10 heteroatoms. The number of hydrogen-bond donors (Lipinski definition) is 4. The third-order valence-corrected chi connectivity index (χ3v) is 2.79. The summed E-state index contributed by atoms with van der Waals surface area (Å²) in [5.74, 6) is 0.0857. The molecule has 0 bridgehead atoms. The molecule has 106 valence electrons. The van der Waals surface area contributed by atoms with E-state index in [2.05, 4.69) is 14.6 Å². The molecule has 0 rings (SSSR count). The fourth-order valence-corrected chi connectivity index (χ4v) is 1.76. The van der Waals surface area contributed by atoms with Crippen LogP contribution in [0.25, 0.3) is 0 Å². The molecule has 0 radical (unpaired) electrons. The van der Waals surface area contributed by atoms with Crippen molar-refractivity contribution in [2.24, 2.45) is 10.9 Å². The van der Waals surface area contributed by atoms with Gasteiger partial charge < -0.3 is 15.7 Å². The van der Waals surface area contributed by atoms with Crippen molar-refractivity contribution < 1.29 is 23.2 Å². The van der Waals surface area contributed by atoms with Crippen LogP contribution in [-0.2, 0) is 14.9 Å². The van der Waals surface area contributed by atoms with Crippen molar-refractivity contribution in [2.45, 2.75) is 26.2 Å². The quantitative estimate of drug-likeness (QED) is 0.155. The van der Waals surface area contributed by atoms with Crippen LogP contribution in [0.15, 0.2) is 5.16 Å². The second-order valence-electron chi connectivity index (χ2n) is 3.27. The van der Waals surface area contributed by atoms with E-state index in [1.54, 1.807) is 11.6 Å². The largest absolute Gasteiger partial charge is 0.449 e. The molecule has 0 fully saturated rings. The number of carbonyl (C=O) groups excluding carboxylic acids is 1. The number of carbonyl (C=O) groups is 1. The van der Waals surface area contributed by atoms with Crippen molar-refractivity contribution >= 4 is 22.1 Å². The predicted molar refractivity (Wildman–Crippen MR) is 64.3 cm³/mol. The Morgan fingerprint density at radius 1 is 1.44 bits per heavy atom. The van der Waals surface area contributed by atoms with Gasteiger partial charge in [-0.1, -0.05) is 5.16 Å². The van der Waals surface area contributed by atoms with Crippen LogP contribution in [0.2, 0.25) is 0 Å². The fraction of sp³-hybridized carbons (Fsp3) is 0.750. The molecule has 0 aliphatic carbocycles. The maximum atomic E-state index is 11.3. The number of unbranched alkanes of at least 4 members (excludes halogenated alkanes) is 1. The summed E-state index contributed by atoms with van der Waals surface area (Å²) in [5.41, 5.74) is 5.23. The van der Waals surface area contributed by atoms with Gasteiger partial charge in [0.1, 0.15) is 5.84 Å². The average molecular weight is 282 g/mol. The Balaban J connectivity index is 3.81. The van der Waals surface area contributed by atoms with Gasteiger partial charge in [0.05, 0.1) is 6.61 Å². The fourth-order valence-electron chi connectivity index (χ4n) is 0.994. The van der Waals surface area contributed by atoms with E-state index in [4.69, 9.17) is 10.9 Å². The number of hydrogen-bond acceptors (Lipinski definition) is 6. The number of nitrogens with zero attached hydrogens (tertiary/aromatic N) is 1. The van der Waals surface area contributed by atoms with Crippen LogP contribution >= 0.6 is 0 Å². The van der Waals surface area contributed by atoms with E-state index in [1.165, 1.54) is 0 Å². The number of nitrogens with two attached hydrogens (primary N) is 1. The van der Waals surface area contributed by atoms with Gasteiger partial charge >= 0.3 is 16.3 Å². The van der Waals surface area contributed by atoms with Gasteiger partial charge in [-0.05, 0) is 19.8 Å².